The predicted octanol–water partition coefficient (Wildman–Crippen LogP) is 0.733. The molecule has 0 saturated carbocycles. The molecular weight excluding hydrogens is 204 g/mol. The Labute approximate surface area is 97.8 Å². The van der Waals surface area contributed by atoms with Gasteiger partial charge in [0.05, 0.1) is 11.6 Å². The maximum Gasteiger partial charge on any atom is 0.242 e. The second-order valence-corrected chi connectivity index (χ2v) is 4.90. The molecule has 1 heterocycles. The van der Waals surface area contributed by atoms with Crippen molar-refractivity contribution in [2.45, 2.75) is 51.7 Å². The standard InChI is InChI=1S/C12H24N2O2/c1-4-12(13,5-2)11(16)14-7-6-10(8-14)9(3)15/h9-10,15H,4-8,13H2,1-3H3. The lowest BCUT2D eigenvalue weighted by Crippen LogP contribution is -2.54. The van der Waals surface area contributed by atoms with Gasteiger partial charge in [0, 0.05) is 19.0 Å². The molecule has 4 nitrogen and oxygen atoms in total. The van der Waals surface area contributed by atoms with Crippen LogP contribution in [0.25, 0.3) is 0 Å². The van der Waals surface area contributed by atoms with Crippen LogP contribution in [0.2, 0.25) is 0 Å². The highest BCUT2D eigenvalue weighted by Gasteiger charge is 2.38. The highest BCUT2D eigenvalue weighted by atomic mass is 16.3. The first-order valence-electron chi connectivity index (χ1n) is 6.21. The summed E-state index contributed by atoms with van der Waals surface area (Å²) in [6.07, 6.45) is 1.87. The third-order valence-corrected chi connectivity index (χ3v) is 3.88. The lowest BCUT2D eigenvalue weighted by Gasteiger charge is -2.30. The SMILES string of the molecule is CCC(N)(CC)C(=O)N1CCC(C(C)O)C1. The molecule has 1 aliphatic rings. The minimum atomic E-state index is -0.715. The van der Waals surface area contributed by atoms with E-state index in [1.54, 1.807) is 6.92 Å². The fourth-order valence-corrected chi connectivity index (χ4v) is 2.23. The Morgan fingerprint density at radius 3 is 2.50 bits per heavy atom. The van der Waals surface area contributed by atoms with E-state index in [-0.39, 0.29) is 17.9 Å². The third-order valence-electron chi connectivity index (χ3n) is 3.88. The van der Waals surface area contributed by atoms with Gasteiger partial charge < -0.3 is 15.7 Å². The van der Waals surface area contributed by atoms with Crippen molar-refractivity contribution in [3.05, 3.63) is 0 Å². The van der Waals surface area contributed by atoms with Gasteiger partial charge in [0.15, 0.2) is 0 Å². The van der Waals surface area contributed by atoms with E-state index in [0.717, 1.165) is 13.0 Å². The number of nitrogens with zero attached hydrogens (tertiary/aromatic N) is 1. The number of rotatable bonds is 4. The molecule has 1 aliphatic heterocycles. The van der Waals surface area contributed by atoms with E-state index >= 15 is 0 Å². The molecule has 2 unspecified atom stereocenters. The largest absolute Gasteiger partial charge is 0.393 e. The minimum Gasteiger partial charge on any atom is -0.393 e. The summed E-state index contributed by atoms with van der Waals surface area (Å²) in [5.74, 6) is 0.252. The van der Waals surface area contributed by atoms with Gasteiger partial charge in [-0.1, -0.05) is 13.8 Å². The molecule has 0 aromatic rings. The lowest BCUT2D eigenvalue weighted by atomic mass is 9.92. The van der Waals surface area contributed by atoms with Crippen LogP contribution in [0.1, 0.15) is 40.0 Å². The van der Waals surface area contributed by atoms with E-state index in [4.69, 9.17) is 5.73 Å². The van der Waals surface area contributed by atoms with Crippen LogP contribution < -0.4 is 5.73 Å². The Hall–Kier alpha value is -0.610. The van der Waals surface area contributed by atoms with Gasteiger partial charge in [0.1, 0.15) is 0 Å². The van der Waals surface area contributed by atoms with Gasteiger partial charge in [-0.05, 0) is 26.2 Å². The summed E-state index contributed by atoms with van der Waals surface area (Å²) in [6.45, 7) is 7.06. The Balaban J connectivity index is 2.63. The molecule has 1 fully saturated rings. The molecule has 1 amide bonds. The van der Waals surface area contributed by atoms with E-state index in [1.165, 1.54) is 0 Å². The minimum absolute atomic E-state index is 0.0423. The van der Waals surface area contributed by atoms with Gasteiger partial charge in [-0.15, -0.1) is 0 Å². The molecule has 0 aromatic heterocycles. The van der Waals surface area contributed by atoms with E-state index in [9.17, 15) is 9.90 Å². The molecule has 0 spiro atoms. The molecule has 3 N–H and O–H groups in total. The second-order valence-electron chi connectivity index (χ2n) is 4.90. The number of likely N-dealkylation sites (tertiary alicyclic amines) is 1. The zero-order valence-corrected chi connectivity index (χ0v) is 10.6. The highest BCUT2D eigenvalue weighted by Crippen LogP contribution is 2.24. The number of carbonyl (C=O) groups excluding carboxylic acids is 1. The van der Waals surface area contributed by atoms with E-state index in [0.29, 0.717) is 19.4 Å². The van der Waals surface area contributed by atoms with E-state index in [2.05, 4.69) is 0 Å². The van der Waals surface area contributed by atoms with Crippen molar-refractivity contribution in [2.75, 3.05) is 13.1 Å². The van der Waals surface area contributed by atoms with Crippen LogP contribution in [0.5, 0.6) is 0 Å². The number of amides is 1. The maximum absolute atomic E-state index is 12.2. The van der Waals surface area contributed by atoms with Crippen molar-refractivity contribution in [1.82, 2.24) is 4.90 Å². The molecular formula is C12H24N2O2. The topological polar surface area (TPSA) is 66.6 Å². The van der Waals surface area contributed by atoms with E-state index in [1.807, 2.05) is 18.7 Å². The number of hydrogen-bond donors (Lipinski definition) is 2. The van der Waals surface area contributed by atoms with Gasteiger partial charge >= 0.3 is 0 Å². The van der Waals surface area contributed by atoms with Crippen LogP contribution in [0.4, 0.5) is 0 Å². The van der Waals surface area contributed by atoms with Crippen LogP contribution >= 0.6 is 0 Å². The first kappa shape index (κ1) is 13.5. The van der Waals surface area contributed by atoms with Crippen molar-refractivity contribution in [2.24, 2.45) is 11.7 Å². The molecule has 0 bridgehead atoms. The van der Waals surface area contributed by atoms with Crippen molar-refractivity contribution in [1.29, 1.82) is 0 Å². The van der Waals surface area contributed by atoms with Crippen molar-refractivity contribution >= 4 is 5.91 Å². The fourth-order valence-electron chi connectivity index (χ4n) is 2.23. The molecule has 0 radical (unpaired) electrons. The molecule has 4 heteroatoms. The zero-order valence-electron chi connectivity index (χ0n) is 10.6. The molecule has 0 aromatic carbocycles. The normalized spacial score (nSPS) is 23.6. The van der Waals surface area contributed by atoms with Crippen LogP contribution in [-0.2, 0) is 4.79 Å². The number of aliphatic hydroxyl groups excluding tert-OH is 1. The second kappa shape index (κ2) is 5.15. The third kappa shape index (κ3) is 2.55. The van der Waals surface area contributed by atoms with Crippen molar-refractivity contribution in [3.8, 4) is 0 Å². The number of hydrogen-bond acceptors (Lipinski definition) is 3. The number of carbonyl (C=O) groups is 1. The monoisotopic (exact) mass is 228 g/mol. The van der Waals surface area contributed by atoms with Crippen LogP contribution in [0, 0.1) is 5.92 Å². The van der Waals surface area contributed by atoms with Crippen LogP contribution in [0.15, 0.2) is 0 Å². The zero-order chi connectivity index (χ0) is 12.3. The van der Waals surface area contributed by atoms with Gasteiger partial charge in [-0.3, -0.25) is 4.79 Å². The molecule has 1 saturated heterocycles. The summed E-state index contributed by atoms with van der Waals surface area (Å²) in [5.41, 5.74) is 5.37. The summed E-state index contributed by atoms with van der Waals surface area (Å²) in [7, 11) is 0. The first-order chi connectivity index (χ1) is 7.44. The van der Waals surface area contributed by atoms with E-state index < -0.39 is 5.54 Å². The van der Waals surface area contributed by atoms with Gasteiger partial charge in [-0.25, -0.2) is 0 Å². The summed E-state index contributed by atoms with van der Waals surface area (Å²) >= 11 is 0. The molecule has 16 heavy (non-hydrogen) atoms. The summed E-state index contributed by atoms with van der Waals surface area (Å²) in [6, 6.07) is 0. The van der Waals surface area contributed by atoms with Crippen molar-refractivity contribution < 1.29 is 9.90 Å². The maximum atomic E-state index is 12.2. The lowest BCUT2D eigenvalue weighted by molar-refractivity contribution is -0.136. The molecule has 94 valence electrons. The van der Waals surface area contributed by atoms with Crippen LogP contribution in [0.3, 0.4) is 0 Å². The Kier molecular flexibility index (Phi) is 4.33. The smallest absolute Gasteiger partial charge is 0.242 e. The number of aliphatic hydroxyl groups is 1. The Morgan fingerprint density at radius 2 is 2.12 bits per heavy atom. The quantitative estimate of drug-likeness (QED) is 0.745. The Bertz CT molecular complexity index is 249. The fraction of sp³-hybridized carbons (Fsp3) is 0.917. The van der Waals surface area contributed by atoms with Crippen LogP contribution in [-0.4, -0.2) is 40.6 Å². The molecule has 0 aliphatic carbocycles. The Morgan fingerprint density at radius 1 is 1.56 bits per heavy atom. The first-order valence-corrected chi connectivity index (χ1v) is 6.21. The summed E-state index contributed by atoms with van der Waals surface area (Å²) in [5, 5.41) is 9.50. The molecule has 2 atom stereocenters. The summed E-state index contributed by atoms with van der Waals surface area (Å²) < 4.78 is 0. The average Bonchev–Trinajstić information content (AvgIpc) is 2.76. The highest BCUT2D eigenvalue weighted by molar-refractivity contribution is 5.86. The number of nitrogens with two attached hydrogens (primary N) is 1. The molecule has 1 rings (SSSR count). The van der Waals surface area contributed by atoms with Crippen molar-refractivity contribution in [3.63, 3.8) is 0 Å². The van der Waals surface area contributed by atoms with Gasteiger partial charge in [0.25, 0.3) is 0 Å². The average molecular weight is 228 g/mol. The predicted molar refractivity (Wildman–Crippen MR) is 63.9 cm³/mol. The van der Waals surface area contributed by atoms with Gasteiger partial charge in [0.2, 0.25) is 5.91 Å². The summed E-state index contributed by atoms with van der Waals surface area (Å²) in [4.78, 5) is 14.0. The van der Waals surface area contributed by atoms with Gasteiger partial charge in [-0.2, -0.15) is 0 Å².